The van der Waals surface area contributed by atoms with Crippen molar-refractivity contribution in [1.29, 1.82) is 0 Å². The van der Waals surface area contributed by atoms with Gasteiger partial charge in [-0.2, -0.15) is 0 Å². The second kappa shape index (κ2) is 6.33. The molecule has 6 rings (SSSR count). The molecule has 0 saturated heterocycles. The molecule has 0 bridgehead atoms. The molecule has 1 aliphatic heterocycles. The van der Waals surface area contributed by atoms with Crippen LogP contribution in [0.5, 0.6) is 0 Å². The molecule has 0 amide bonds. The van der Waals surface area contributed by atoms with Gasteiger partial charge in [0, 0.05) is 22.7 Å². The van der Waals surface area contributed by atoms with Crippen LogP contribution in [0.15, 0.2) is 47.1 Å². The van der Waals surface area contributed by atoms with E-state index in [0.29, 0.717) is 12.1 Å². The summed E-state index contributed by atoms with van der Waals surface area (Å²) in [4.78, 5) is 4.59. The Morgan fingerprint density at radius 2 is 1.87 bits per heavy atom. The highest BCUT2D eigenvalue weighted by molar-refractivity contribution is 6.04. The molecular weight excluding hydrogens is 372 g/mol. The Bertz CT molecular complexity index is 1280. The van der Waals surface area contributed by atoms with E-state index in [0.717, 1.165) is 33.8 Å². The van der Waals surface area contributed by atoms with Crippen LogP contribution < -0.4 is 10.6 Å². The van der Waals surface area contributed by atoms with Crippen LogP contribution in [0.2, 0.25) is 0 Å². The average Bonchev–Trinajstić information content (AvgIpc) is 3.42. The minimum Gasteiger partial charge on any atom is -0.363 e. The summed E-state index contributed by atoms with van der Waals surface area (Å²) in [6, 6.07) is 13.0. The third kappa shape index (κ3) is 2.61. The predicted octanol–water partition coefficient (Wildman–Crippen LogP) is 6.06. The van der Waals surface area contributed by atoms with Crippen molar-refractivity contribution in [2.45, 2.75) is 39.8 Å². The number of aryl methyl sites for hydroxylation is 3. The molecule has 30 heavy (non-hydrogen) atoms. The van der Waals surface area contributed by atoms with Crippen molar-refractivity contribution in [3.63, 3.8) is 0 Å². The SMILES string of the molecule is Cc1ccc2ncccc2c1-c1cc(-c2c(C)noc2C)cc2c1NC(C1CC1)N2. The molecular formula is C25H24N4O. The lowest BCUT2D eigenvalue weighted by Crippen LogP contribution is -2.24. The standard InChI is InChI=1S/C25H24N4O/c1-13-6-9-20-18(5-4-10-26-20)22(13)19-11-17(23-14(2)29-30-15(23)3)12-21-24(19)28-25(27-21)16-7-8-16/h4-6,9-12,16,25,27-28H,7-8H2,1-3H3. The van der Waals surface area contributed by atoms with Crippen LogP contribution in [-0.2, 0) is 0 Å². The van der Waals surface area contributed by atoms with Gasteiger partial charge in [-0.25, -0.2) is 0 Å². The molecule has 2 aliphatic rings. The van der Waals surface area contributed by atoms with Crippen molar-refractivity contribution in [1.82, 2.24) is 10.1 Å². The molecule has 3 heterocycles. The van der Waals surface area contributed by atoms with Crippen molar-refractivity contribution < 1.29 is 4.52 Å². The zero-order chi connectivity index (χ0) is 20.4. The normalized spacial score (nSPS) is 17.6. The monoisotopic (exact) mass is 396 g/mol. The van der Waals surface area contributed by atoms with Gasteiger partial charge in [0.25, 0.3) is 0 Å². The number of pyridine rings is 1. The first-order valence-corrected chi connectivity index (χ1v) is 10.6. The topological polar surface area (TPSA) is 63.0 Å². The fourth-order valence-corrected chi connectivity index (χ4v) is 4.79. The number of aromatic nitrogens is 2. The van der Waals surface area contributed by atoms with Crippen LogP contribution in [0, 0.1) is 26.7 Å². The van der Waals surface area contributed by atoms with Crippen LogP contribution >= 0.6 is 0 Å². The highest BCUT2D eigenvalue weighted by Crippen LogP contribution is 2.48. The van der Waals surface area contributed by atoms with E-state index in [-0.39, 0.29) is 0 Å². The van der Waals surface area contributed by atoms with Gasteiger partial charge < -0.3 is 15.2 Å². The first kappa shape index (κ1) is 17.5. The predicted molar refractivity (Wildman–Crippen MR) is 121 cm³/mol. The van der Waals surface area contributed by atoms with E-state index >= 15 is 0 Å². The van der Waals surface area contributed by atoms with Crippen LogP contribution in [0.25, 0.3) is 33.2 Å². The first-order chi connectivity index (χ1) is 14.6. The van der Waals surface area contributed by atoms with Gasteiger partial charge in [-0.15, -0.1) is 0 Å². The summed E-state index contributed by atoms with van der Waals surface area (Å²) in [6.07, 6.45) is 4.71. The van der Waals surface area contributed by atoms with Gasteiger partial charge in [-0.1, -0.05) is 17.3 Å². The van der Waals surface area contributed by atoms with E-state index in [2.05, 4.69) is 58.0 Å². The highest BCUT2D eigenvalue weighted by atomic mass is 16.5. The quantitative estimate of drug-likeness (QED) is 0.441. The van der Waals surface area contributed by atoms with Gasteiger partial charge in [-0.05, 0) is 80.5 Å². The molecule has 4 aromatic rings. The lowest BCUT2D eigenvalue weighted by Gasteiger charge is -2.16. The van der Waals surface area contributed by atoms with Crippen LogP contribution in [-0.4, -0.2) is 16.3 Å². The summed E-state index contributed by atoms with van der Waals surface area (Å²) in [6.45, 7) is 6.16. The zero-order valence-corrected chi connectivity index (χ0v) is 17.4. The van der Waals surface area contributed by atoms with Gasteiger partial charge in [0.2, 0.25) is 0 Å². The summed E-state index contributed by atoms with van der Waals surface area (Å²) in [5.41, 5.74) is 10.1. The Hall–Kier alpha value is -3.34. The zero-order valence-electron chi connectivity index (χ0n) is 17.4. The number of anilines is 2. The fourth-order valence-electron chi connectivity index (χ4n) is 4.79. The molecule has 2 aromatic carbocycles. The van der Waals surface area contributed by atoms with Gasteiger partial charge in [0.05, 0.1) is 28.8 Å². The maximum Gasteiger partial charge on any atom is 0.141 e. The Morgan fingerprint density at radius 3 is 2.63 bits per heavy atom. The van der Waals surface area contributed by atoms with Crippen LogP contribution in [0.1, 0.15) is 29.9 Å². The summed E-state index contributed by atoms with van der Waals surface area (Å²) in [7, 11) is 0. The molecule has 1 saturated carbocycles. The lowest BCUT2D eigenvalue weighted by molar-refractivity contribution is 0.393. The molecule has 1 aliphatic carbocycles. The van der Waals surface area contributed by atoms with Gasteiger partial charge in [0.15, 0.2) is 0 Å². The van der Waals surface area contributed by atoms with Crippen LogP contribution in [0.4, 0.5) is 11.4 Å². The smallest absolute Gasteiger partial charge is 0.141 e. The largest absolute Gasteiger partial charge is 0.363 e. The second-order valence-electron chi connectivity index (χ2n) is 8.58. The van der Waals surface area contributed by atoms with Gasteiger partial charge >= 0.3 is 0 Å². The van der Waals surface area contributed by atoms with Crippen LogP contribution in [0.3, 0.4) is 0 Å². The summed E-state index contributed by atoms with van der Waals surface area (Å²) in [5.74, 6) is 1.54. The highest BCUT2D eigenvalue weighted by Gasteiger charge is 2.36. The van der Waals surface area contributed by atoms with E-state index in [1.807, 2.05) is 26.1 Å². The number of fused-ring (bicyclic) bond motifs is 2. The Balaban J connectivity index is 1.64. The summed E-state index contributed by atoms with van der Waals surface area (Å²) < 4.78 is 5.48. The molecule has 1 unspecified atom stereocenters. The molecule has 150 valence electrons. The van der Waals surface area contributed by atoms with E-state index in [4.69, 9.17) is 4.52 Å². The molecule has 2 aromatic heterocycles. The minimum absolute atomic E-state index is 0.298. The molecule has 5 nitrogen and oxygen atoms in total. The maximum atomic E-state index is 5.48. The number of hydrogen-bond acceptors (Lipinski definition) is 5. The Morgan fingerprint density at radius 1 is 1.00 bits per heavy atom. The number of benzene rings is 2. The molecule has 0 radical (unpaired) electrons. The summed E-state index contributed by atoms with van der Waals surface area (Å²) in [5, 5.41) is 12.9. The average molecular weight is 396 g/mol. The molecule has 5 heteroatoms. The molecule has 0 spiro atoms. The van der Waals surface area contributed by atoms with E-state index < -0.39 is 0 Å². The first-order valence-electron chi connectivity index (χ1n) is 10.6. The number of nitrogens with zero attached hydrogens (tertiary/aromatic N) is 2. The number of rotatable bonds is 3. The third-order valence-corrected chi connectivity index (χ3v) is 6.43. The van der Waals surface area contributed by atoms with Crippen molar-refractivity contribution in [3.05, 3.63) is 59.6 Å². The summed E-state index contributed by atoms with van der Waals surface area (Å²) >= 11 is 0. The van der Waals surface area contributed by atoms with Gasteiger partial charge in [-0.3, -0.25) is 4.98 Å². The van der Waals surface area contributed by atoms with Crippen molar-refractivity contribution in [2.24, 2.45) is 5.92 Å². The number of nitrogens with one attached hydrogen (secondary N) is 2. The van der Waals surface area contributed by atoms with E-state index in [1.165, 1.54) is 40.6 Å². The minimum atomic E-state index is 0.298. The Kier molecular flexibility index (Phi) is 3.69. The molecule has 1 atom stereocenters. The van der Waals surface area contributed by atoms with E-state index in [9.17, 15) is 0 Å². The van der Waals surface area contributed by atoms with Crippen molar-refractivity contribution in [2.75, 3.05) is 10.6 Å². The maximum absolute atomic E-state index is 5.48. The third-order valence-electron chi connectivity index (χ3n) is 6.43. The Labute approximate surface area is 175 Å². The number of hydrogen-bond donors (Lipinski definition) is 2. The van der Waals surface area contributed by atoms with Crippen molar-refractivity contribution in [3.8, 4) is 22.3 Å². The van der Waals surface area contributed by atoms with Gasteiger partial charge in [0.1, 0.15) is 5.76 Å². The van der Waals surface area contributed by atoms with Crippen molar-refractivity contribution >= 4 is 22.3 Å². The lowest BCUT2D eigenvalue weighted by atomic mass is 9.91. The molecule has 2 N–H and O–H groups in total. The van der Waals surface area contributed by atoms with E-state index in [1.54, 1.807) is 0 Å². The fraction of sp³-hybridized carbons (Fsp3) is 0.280. The second-order valence-corrected chi connectivity index (χ2v) is 8.58. The molecule has 1 fully saturated rings.